The smallest absolute Gasteiger partial charge is 0.228 e. The Morgan fingerprint density at radius 1 is 1.27 bits per heavy atom. The molecule has 0 spiro atoms. The third-order valence-corrected chi connectivity index (χ3v) is 3.68. The van der Waals surface area contributed by atoms with E-state index < -0.39 is 0 Å². The molecule has 0 saturated carbocycles. The van der Waals surface area contributed by atoms with Gasteiger partial charge in [-0.3, -0.25) is 4.79 Å². The van der Waals surface area contributed by atoms with Gasteiger partial charge >= 0.3 is 0 Å². The standard InChI is InChI=1S/C11H18ClNO2/c12-10-2-1-5-13(6-3-10)11(14)9-4-7-15-8-9/h9-10H,1-8H2. The summed E-state index contributed by atoms with van der Waals surface area (Å²) in [5.74, 6) is 0.384. The lowest BCUT2D eigenvalue weighted by Gasteiger charge is -2.23. The second-order valence-corrected chi connectivity index (χ2v) is 5.03. The van der Waals surface area contributed by atoms with E-state index in [1.165, 1.54) is 0 Å². The summed E-state index contributed by atoms with van der Waals surface area (Å²) in [6.07, 6.45) is 3.89. The molecule has 2 fully saturated rings. The Kier molecular flexibility index (Phi) is 3.87. The van der Waals surface area contributed by atoms with E-state index in [9.17, 15) is 4.79 Å². The molecule has 0 aromatic heterocycles. The predicted molar refractivity (Wildman–Crippen MR) is 59.0 cm³/mol. The minimum absolute atomic E-state index is 0.108. The van der Waals surface area contributed by atoms with Crippen LogP contribution < -0.4 is 0 Å². The van der Waals surface area contributed by atoms with Crippen LogP contribution in [-0.4, -0.2) is 42.5 Å². The Hall–Kier alpha value is -0.280. The van der Waals surface area contributed by atoms with Crippen molar-refractivity contribution < 1.29 is 9.53 Å². The van der Waals surface area contributed by atoms with Gasteiger partial charge in [0.1, 0.15) is 0 Å². The van der Waals surface area contributed by atoms with Crippen molar-refractivity contribution in [3.05, 3.63) is 0 Å². The number of rotatable bonds is 1. The quantitative estimate of drug-likeness (QED) is 0.643. The highest BCUT2D eigenvalue weighted by Crippen LogP contribution is 2.20. The van der Waals surface area contributed by atoms with E-state index in [0.29, 0.717) is 6.61 Å². The summed E-state index contributed by atoms with van der Waals surface area (Å²) in [4.78, 5) is 14.0. The third-order valence-electron chi connectivity index (χ3n) is 3.25. The molecular formula is C11H18ClNO2. The zero-order chi connectivity index (χ0) is 10.7. The Morgan fingerprint density at radius 2 is 2.13 bits per heavy atom. The van der Waals surface area contributed by atoms with Crippen molar-refractivity contribution in [2.45, 2.75) is 31.1 Å². The molecule has 2 saturated heterocycles. The number of carbonyl (C=O) groups is 1. The number of hydrogen-bond acceptors (Lipinski definition) is 2. The highest BCUT2D eigenvalue weighted by molar-refractivity contribution is 6.20. The van der Waals surface area contributed by atoms with Crippen molar-refractivity contribution in [2.24, 2.45) is 5.92 Å². The van der Waals surface area contributed by atoms with E-state index >= 15 is 0 Å². The van der Waals surface area contributed by atoms with Crippen LogP contribution in [0.4, 0.5) is 0 Å². The molecule has 2 unspecified atom stereocenters. The van der Waals surface area contributed by atoms with E-state index in [0.717, 1.165) is 45.4 Å². The van der Waals surface area contributed by atoms with Crippen LogP contribution in [0.15, 0.2) is 0 Å². The SMILES string of the molecule is O=C(C1CCOC1)N1CCCC(Cl)CC1. The van der Waals surface area contributed by atoms with Crippen molar-refractivity contribution >= 4 is 17.5 Å². The van der Waals surface area contributed by atoms with Gasteiger partial charge in [-0.15, -0.1) is 11.6 Å². The van der Waals surface area contributed by atoms with Gasteiger partial charge in [0.2, 0.25) is 5.91 Å². The Labute approximate surface area is 95.7 Å². The molecule has 86 valence electrons. The summed E-state index contributed by atoms with van der Waals surface area (Å²) < 4.78 is 5.25. The Morgan fingerprint density at radius 3 is 2.87 bits per heavy atom. The summed E-state index contributed by atoms with van der Waals surface area (Å²) in [6.45, 7) is 3.05. The van der Waals surface area contributed by atoms with Crippen LogP contribution in [0.3, 0.4) is 0 Å². The van der Waals surface area contributed by atoms with Crippen LogP contribution in [0.1, 0.15) is 25.7 Å². The second-order valence-electron chi connectivity index (χ2n) is 4.41. The van der Waals surface area contributed by atoms with E-state index in [4.69, 9.17) is 16.3 Å². The van der Waals surface area contributed by atoms with E-state index in [2.05, 4.69) is 0 Å². The van der Waals surface area contributed by atoms with Crippen LogP contribution in [0.2, 0.25) is 0 Å². The molecule has 0 bridgehead atoms. The van der Waals surface area contributed by atoms with Gasteiger partial charge in [-0.1, -0.05) is 0 Å². The first kappa shape index (κ1) is 11.2. The van der Waals surface area contributed by atoms with Gasteiger partial charge < -0.3 is 9.64 Å². The molecule has 1 amide bonds. The number of likely N-dealkylation sites (tertiary alicyclic amines) is 1. The number of nitrogens with zero attached hydrogens (tertiary/aromatic N) is 1. The number of ether oxygens (including phenoxy) is 1. The number of alkyl halides is 1. The highest BCUT2D eigenvalue weighted by Gasteiger charge is 2.29. The molecule has 0 aromatic carbocycles. The predicted octanol–water partition coefficient (Wildman–Crippen LogP) is 1.64. The molecule has 2 aliphatic heterocycles. The van der Waals surface area contributed by atoms with Gasteiger partial charge in [0.15, 0.2) is 0 Å². The van der Waals surface area contributed by atoms with Gasteiger partial charge in [0, 0.05) is 25.1 Å². The van der Waals surface area contributed by atoms with E-state index in [1.807, 2.05) is 4.90 Å². The molecule has 2 rings (SSSR count). The third kappa shape index (κ3) is 2.85. The zero-order valence-corrected chi connectivity index (χ0v) is 9.71. The molecule has 2 aliphatic rings. The maximum Gasteiger partial charge on any atom is 0.228 e. The van der Waals surface area contributed by atoms with Crippen LogP contribution in [0, 0.1) is 5.92 Å². The maximum absolute atomic E-state index is 12.1. The number of amides is 1. The highest BCUT2D eigenvalue weighted by atomic mass is 35.5. The lowest BCUT2D eigenvalue weighted by atomic mass is 10.1. The summed E-state index contributed by atoms with van der Waals surface area (Å²) in [5.41, 5.74) is 0. The fourth-order valence-corrected chi connectivity index (χ4v) is 2.52. The van der Waals surface area contributed by atoms with Crippen LogP contribution in [-0.2, 0) is 9.53 Å². The normalized spacial score (nSPS) is 32.7. The van der Waals surface area contributed by atoms with Crippen LogP contribution in [0.5, 0.6) is 0 Å². The minimum atomic E-state index is 0.108. The fourth-order valence-electron chi connectivity index (χ4n) is 2.26. The molecular weight excluding hydrogens is 214 g/mol. The van der Waals surface area contributed by atoms with Crippen molar-refractivity contribution in [2.75, 3.05) is 26.3 Å². The molecule has 2 heterocycles. The second kappa shape index (κ2) is 5.17. The molecule has 0 N–H and O–H groups in total. The maximum atomic E-state index is 12.1. The largest absolute Gasteiger partial charge is 0.381 e. The molecule has 3 nitrogen and oxygen atoms in total. The lowest BCUT2D eigenvalue weighted by molar-refractivity contribution is -0.135. The van der Waals surface area contributed by atoms with Gasteiger partial charge in [-0.05, 0) is 25.7 Å². The van der Waals surface area contributed by atoms with E-state index in [-0.39, 0.29) is 17.2 Å². The average Bonchev–Trinajstić information content (AvgIpc) is 2.67. The van der Waals surface area contributed by atoms with Crippen molar-refractivity contribution in [3.8, 4) is 0 Å². The van der Waals surface area contributed by atoms with Crippen molar-refractivity contribution in [1.29, 1.82) is 0 Å². The molecule has 0 aliphatic carbocycles. The zero-order valence-electron chi connectivity index (χ0n) is 8.95. The topological polar surface area (TPSA) is 29.5 Å². The molecule has 15 heavy (non-hydrogen) atoms. The molecule has 4 heteroatoms. The van der Waals surface area contributed by atoms with Crippen molar-refractivity contribution in [1.82, 2.24) is 4.90 Å². The summed E-state index contributed by atoms with van der Waals surface area (Å²) in [7, 11) is 0. The van der Waals surface area contributed by atoms with Crippen LogP contribution >= 0.6 is 11.6 Å². The Bertz CT molecular complexity index is 229. The summed E-state index contributed by atoms with van der Waals surface area (Å²) >= 11 is 6.09. The van der Waals surface area contributed by atoms with Crippen molar-refractivity contribution in [3.63, 3.8) is 0 Å². The van der Waals surface area contributed by atoms with Crippen LogP contribution in [0.25, 0.3) is 0 Å². The fraction of sp³-hybridized carbons (Fsp3) is 0.909. The van der Waals surface area contributed by atoms with Gasteiger partial charge in [0.25, 0.3) is 0 Å². The summed E-state index contributed by atoms with van der Waals surface area (Å²) in [6, 6.07) is 0. The minimum Gasteiger partial charge on any atom is -0.381 e. The van der Waals surface area contributed by atoms with Gasteiger partial charge in [0.05, 0.1) is 12.5 Å². The average molecular weight is 232 g/mol. The number of carbonyl (C=O) groups excluding carboxylic acids is 1. The van der Waals surface area contributed by atoms with Gasteiger partial charge in [-0.25, -0.2) is 0 Å². The molecule has 0 aromatic rings. The first-order valence-corrected chi connectivity index (χ1v) is 6.21. The first-order chi connectivity index (χ1) is 7.27. The van der Waals surface area contributed by atoms with E-state index in [1.54, 1.807) is 0 Å². The number of hydrogen-bond donors (Lipinski definition) is 0. The summed E-state index contributed by atoms with van der Waals surface area (Å²) in [5, 5.41) is 0.252. The molecule has 0 radical (unpaired) electrons. The molecule has 2 atom stereocenters. The Balaban J connectivity index is 1.88. The monoisotopic (exact) mass is 231 g/mol. The first-order valence-electron chi connectivity index (χ1n) is 5.78. The lowest BCUT2D eigenvalue weighted by Crippen LogP contribution is -2.37. The van der Waals surface area contributed by atoms with Gasteiger partial charge in [-0.2, -0.15) is 0 Å². The number of halogens is 1.